The molecule has 82 valence electrons. The molecular formula is C9H9NO4Os. The van der Waals surface area contributed by atoms with E-state index in [0.29, 0.717) is 0 Å². The van der Waals surface area contributed by atoms with Gasteiger partial charge in [-0.3, -0.25) is 0 Å². The van der Waals surface area contributed by atoms with E-state index < -0.39 is 0 Å². The van der Waals surface area contributed by atoms with Crippen LogP contribution in [0.5, 0.6) is 0 Å². The van der Waals surface area contributed by atoms with Gasteiger partial charge in [-0.2, -0.15) is 0 Å². The SMILES string of the molecule is [C-]#[N+]C(C)(C)C.[C-]#[O+].[C-]#[O+].[C-]#[O+].[C-]#[O+].[Os]. The molecule has 0 aliphatic heterocycles. The second-order valence-electron chi connectivity index (χ2n) is 2.28. The Hall–Kier alpha value is -0.914. The third-order valence-electron chi connectivity index (χ3n) is 0.335. The van der Waals surface area contributed by atoms with Gasteiger partial charge in [0.25, 0.3) is 0 Å². The zero-order chi connectivity index (χ0) is 13.2. The van der Waals surface area contributed by atoms with Crippen LogP contribution in [0.15, 0.2) is 0 Å². The Bertz CT molecular complexity index is 180. The van der Waals surface area contributed by atoms with Gasteiger partial charge in [-0.25, -0.2) is 6.57 Å². The van der Waals surface area contributed by atoms with Gasteiger partial charge in [0.1, 0.15) is 0 Å². The summed E-state index contributed by atoms with van der Waals surface area (Å²) in [5.74, 6) is 0. The Balaban J connectivity index is -0.0000000194. The van der Waals surface area contributed by atoms with E-state index in [4.69, 9.17) is 25.2 Å². The molecule has 15 heavy (non-hydrogen) atoms. The van der Waals surface area contributed by atoms with Crippen molar-refractivity contribution < 1.29 is 38.4 Å². The molecule has 0 radical (unpaired) electrons. The monoisotopic (exact) mass is 387 g/mol. The third kappa shape index (κ3) is 370. The fourth-order valence-electron chi connectivity index (χ4n) is 0. The average Bonchev–Trinajstić information content (AvgIpc) is 2.28. The van der Waals surface area contributed by atoms with E-state index in [0.717, 1.165) is 0 Å². The van der Waals surface area contributed by atoms with E-state index in [9.17, 15) is 0 Å². The van der Waals surface area contributed by atoms with Gasteiger partial charge < -0.3 is 4.85 Å². The van der Waals surface area contributed by atoms with Crippen LogP contribution >= 0.6 is 0 Å². The van der Waals surface area contributed by atoms with Crippen molar-refractivity contribution in [1.29, 1.82) is 0 Å². The summed E-state index contributed by atoms with van der Waals surface area (Å²) in [4.78, 5) is 3.27. The summed E-state index contributed by atoms with van der Waals surface area (Å²) in [6.45, 7) is 30.1. The fourth-order valence-corrected chi connectivity index (χ4v) is 0. The van der Waals surface area contributed by atoms with Crippen molar-refractivity contribution >= 4 is 0 Å². The zero-order valence-corrected chi connectivity index (χ0v) is 11.0. The van der Waals surface area contributed by atoms with Gasteiger partial charge in [0.15, 0.2) is 0 Å². The Morgan fingerprint density at radius 2 is 0.800 bits per heavy atom. The molecule has 0 heterocycles. The van der Waals surface area contributed by atoms with Crippen LogP contribution in [-0.2, 0) is 38.4 Å². The van der Waals surface area contributed by atoms with Crippen LogP contribution in [0.4, 0.5) is 0 Å². The molecule has 0 aliphatic carbocycles. The van der Waals surface area contributed by atoms with Crippen molar-refractivity contribution in [3.63, 3.8) is 0 Å². The molecule has 6 heteroatoms. The number of hydrogen-bond donors (Lipinski definition) is 0. The largest absolute Gasteiger partial charge is 0 e. The van der Waals surface area contributed by atoms with Crippen molar-refractivity contribution in [3.8, 4) is 0 Å². The molecule has 0 unspecified atom stereocenters. The molecule has 0 spiro atoms. The minimum atomic E-state index is -0.167. The van der Waals surface area contributed by atoms with Gasteiger partial charge >= 0.3 is 45.2 Å². The summed E-state index contributed by atoms with van der Waals surface area (Å²) in [7, 11) is 0. The summed E-state index contributed by atoms with van der Waals surface area (Å²) in [6.07, 6.45) is 0. The Labute approximate surface area is 103 Å². The summed E-state index contributed by atoms with van der Waals surface area (Å²) in [5, 5.41) is 0. The fraction of sp³-hybridized carbons (Fsp3) is 0.444. The van der Waals surface area contributed by atoms with Crippen molar-refractivity contribution in [3.05, 3.63) is 38.0 Å². The molecule has 0 aliphatic rings. The Kier molecular flexibility index (Phi) is 127. The van der Waals surface area contributed by atoms with Gasteiger partial charge in [-0.1, -0.05) is 0 Å². The number of nitrogens with zero attached hydrogens (tertiary/aromatic N) is 1. The topological polar surface area (TPSA) is 84.0 Å². The van der Waals surface area contributed by atoms with E-state index in [2.05, 4.69) is 31.4 Å². The first-order chi connectivity index (χ1) is 6.56. The summed E-state index contributed by atoms with van der Waals surface area (Å²) in [5.41, 5.74) is -0.167. The first kappa shape index (κ1) is 36.9. The van der Waals surface area contributed by atoms with Crippen molar-refractivity contribution in [2.45, 2.75) is 26.3 Å². The summed E-state index contributed by atoms with van der Waals surface area (Å²) < 4.78 is 30.0. The van der Waals surface area contributed by atoms with E-state index in [1.165, 1.54) is 0 Å². The standard InChI is InChI=1S/C5H9N.4CO.Os/c1-5(2,3)6-4;4*1-2;/h1-3H3;;;;;. The molecule has 0 bridgehead atoms. The molecule has 0 rings (SSSR count). The van der Waals surface area contributed by atoms with Crippen LogP contribution in [0.2, 0.25) is 0 Å². The van der Waals surface area contributed by atoms with Crippen molar-refractivity contribution in [1.82, 2.24) is 0 Å². The van der Waals surface area contributed by atoms with Crippen molar-refractivity contribution in [2.24, 2.45) is 0 Å². The molecular weight excluding hydrogens is 376 g/mol. The Morgan fingerprint density at radius 1 is 0.733 bits per heavy atom. The molecule has 0 N–H and O–H groups in total. The van der Waals surface area contributed by atoms with Crippen LogP contribution < -0.4 is 0 Å². The number of hydrogen-bond acceptors (Lipinski definition) is 0. The van der Waals surface area contributed by atoms with Gasteiger partial charge in [-0.05, 0) is 0 Å². The minimum absolute atomic E-state index is 0. The molecule has 0 saturated heterocycles. The second-order valence-corrected chi connectivity index (χ2v) is 2.28. The predicted octanol–water partition coefficient (Wildman–Crippen LogP) is 1.55. The third-order valence-corrected chi connectivity index (χ3v) is 0.335. The molecule has 0 atom stereocenters. The molecule has 0 aromatic heterocycles. The maximum Gasteiger partial charge on any atom is 0 e. The van der Waals surface area contributed by atoms with E-state index in [-0.39, 0.29) is 25.3 Å². The molecule has 0 aromatic rings. The van der Waals surface area contributed by atoms with Gasteiger partial charge in [0, 0.05) is 40.6 Å². The predicted molar refractivity (Wildman–Crippen MR) is 42.1 cm³/mol. The first-order valence-corrected chi connectivity index (χ1v) is 2.76. The summed E-state index contributed by atoms with van der Waals surface area (Å²) in [6, 6.07) is 0. The molecule has 5 nitrogen and oxygen atoms in total. The van der Waals surface area contributed by atoms with E-state index >= 15 is 0 Å². The summed E-state index contributed by atoms with van der Waals surface area (Å²) >= 11 is 0. The molecule has 0 amide bonds. The first-order valence-electron chi connectivity index (χ1n) is 2.76. The van der Waals surface area contributed by atoms with Gasteiger partial charge in [-0.15, -0.1) is 0 Å². The Morgan fingerprint density at radius 3 is 0.800 bits per heavy atom. The second kappa shape index (κ2) is 51.6. The maximum absolute atomic E-state index is 7.50. The van der Waals surface area contributed by atoms with Crippen LogP contribution in [-0.4, -0.2) is 5.54 Å². The zero-order valence-electron chi connectivity index (χ0n) is 8.43. The van der Waals surface area contributed by atoms with Crippen LogP contribution in [0, 0.1) is 33.2 Å². The van der Waals surface area contributed by atoms with Crippen LogP contribution in [0.3, 0.4) is 0 Å². The van der Waals surface area contributed by atoms with Gasteiger partial charge in [0.2, 0.25) is 5.54 Å². The smallest absolute Gasteiger partial charge is 0 e. The van der Waals surface area contributed by atoms with Crippen LogP contribution in [0.1, 0.15) is 20.8 Å². The quantitative estimate of drug-likeness (QED) is 0.448. The van der Waals surface area contributed by atoms with E-state index in [1.54, 1.807) is 0 Å². The van der Waals surface area contributed by atoms with Crippen LogP contribution in [0.25, 0.3) is 4.85 Å². The maximum atomic E-state index is 7.50. The molecule has 0 fully saturated rings. The average molecular weight is 385 g/mol. The van der Waals surface area contributed by atoms with Crippen molar-refractivity contribution in [2.75, 3.05) is 0 Å². The van der Waals surface area contributed by atoms with E-state index in [1.807, 2.05) is 20.8 Å². The molecule has 0 aromatic carbocycles. The van der Waals surface area contributed by atoms with Gasteiger partial charge in [0.05, 0.1) is 0 Å². The molecule has 0 saturated carbocycles. The minimum Gasteiger partial charge on any atom is 0 e. The number of rotatable bonds is 0. The normalized spacial score (nSPS) is 4.67.